The Morgan fingerprint density at radius 3 is 2.78 bits per heavy atom. The normalized spacial score (nSPS) is 18.8. The summed E-state index contributed by atoms with van der Waals surface area (Å²) < 4.78 is 0. The standard InChI is InChI=1S/C17H27N5O/c1-2-22-12-6-9-15(22)13-21-17(18)20-11-10-19-16(23)14-7-4-3-5-8-14/h3-5,7-8,15H,2,6,9-13H2,1H3,(H,19,23)(H3,18,20,21). The van der Waals surface area contributed by atoms with Crippen LogP contribution in [0.1, 0.15) is 30.1 Å². The van der Waals surface area contributed by atoms with Crippen molar-refractivity contribution in [3.8, 4) is 0 Å². The van der Waals surface area contributed by atoms with Crippen LogP contribution in [0.3, 0.4) is 0 Å². The zero-order valence-electron chi connectivity index (χ0n) is 13.8. The number of amides is 1. The second-order valence-electron chi connectivity index (χ2n) is 5.70. The number of guanidine groups is 1. The zero-order chi connectivity index (χ0) is 16.5. The third-order valence-electron chi connectivity index (χ3n) is 4.13. The van der Waals surface area contributed by atoms with Gasteiger partial charge >= 0.3 is 0 Å². The van der Waals surface area contributed by atoms with Gasteiger partial charge in [0.05, 0.1) is 6.54 Å². The van der Waals surface area contributed by atoms with Gasteiger partial charge in [0, 0.05) is 24.7 Å². The van der Waals surface area contributed by atoms with E-state index < -0.39 is 0 Å². The number of nitrogens with one attached hydrogen (secondary N) is 2. The lowest BCUT2D eigenvalue weighted by atomic mass is 10.2. The molecule has 1 aromatic rings. The Kier molecular flexibility index (Phi) is 6.87. The highest BCUT2D eigenvalue weighted by atomic mass is 16.1. The molecule has 0 radical (unpaired) electrons. The van der Waals surface area contributed by atoms with Crippen molar-refractivity contribution in [1.29, 1.82) is 0 Å². The molecule has 6 heteroatoms. The number of carbonyl (C=O) groups is 1. The minimum Gasteiger partial charge on any atom is -0.370 e. The van der Waals surface area contributed by atoms with Gasteiger partial charge in [-0.3, -0.25) is 14.7 Å². The van der Waals surface area contributed by atoms with Crippen LogP contribution in [0.25, 0.3) is 0 Å². The molecule has 1 unspecified atom stereocenters. The number of hydrogen-bond acceptors (Lipinski definition) is 3. The van der Waals surface area contributed by atoms with Crippen molar-refractivity contribution in [3.63, 3.8) is 0 Å². The van der Waals surface area contributed by atoms with Gasteiger partial charge in [0.2, 0.25) is 0 Å². The molecule has 0 spiro atoms. The monoisotopic (exact) mass is 317 g/mol. The Balaban J connectivity index is 1.63. The van der Waals surface area contributed by atoms with Gasteiger partial charge in [-0.25, -0.2) is 0 Å². The van der Waals surface area contributed by atoms with Crippen LogP contribution in [0.15, 0.2) is 35.3 Å². The summed E-state index contributed by atoms with van der Waals surface area (Å²) in [6.45, 7) is 6.22. The first kappa shape index (κ1) is 17.3. The van der Waals surface area contributed by atoms with Crippen LogP contribution in [0.4, 0.5) is 0 Å². The summed E-state index contributed by atoms with van der Waals surface area (Å²) in [7, 11) is 0. The second kappa shape index (κ2) is 9.15. The Bertz CT molecular complexity index is 517. The van der Waals surface area contributed by atoms with E-state index in [1.807, 2.05) is 18.2 Å². The van der Waals surface area contributed by atoms with E-state index in [1.54, 1.807) is 12.1 Å². The Morgan fingerprint density at radius 2 is 2.04 bits per heavy atom. The highest BCUT2D eigenvalue weighted by molar-refractivity contribution is 5.94. The molecule has 23 heavy (non-hydrogen) atoms. The number of nitrogens with two attached hydrogens (primary N) is 1. The lowest BCUT2D eigenvalue weighted by molar-refractivity contribution is 0.0954. The summed E-state index contributed by atoms with van der Waals surface area (Å²) in [6, 6.07) is 9.68. The van der Waals surface area contributed by atoms with Gasteiger partial charge in [0.15, 0.2) is 5.96 Å². The van der Waals surface area contributed by atoms with Crippen molar-refractivity contribution in [2.75, 3.05) is 32.7 Å². The fraction of sp³-hybridized carbons (Fsp3) is 0.529. The molecule has 1 aromatic carbocycles. The van der Waals surface area contributed by atoms with Crippen molar-refractivity contribution in [2.45, 2.75) is 25.8 Å². The molecule has 1 fully saturated rings. The van der Waals surface area contributed by atoms with Gasteiger partial charge in [-0.1, -0.05) is 25.1 Å². The van der Waals surface area contributed by atoms with E-state index in [0.29, 0.717) is 30.7 Å². The first-order valence-corrected chi connectivity index (χ1v) is 8.31. The number of likely N-dealkylation sites (N-methyl/N-ethyl adjacent to an activating group) is 1. The number of nitrogens with zero attached hydrogens (tertiary/aromatic N) is 2. The predicted octanol–water partition coefficient (Wildman–Crippen LogP) is 0.805. The molecule has 1 aliphatic heterocycles. The smallest absolute Gasteiger partial charge is 0.251 e. The van der Waals surface area contributed by atoms with Gasteiger partial charge in [0.1, 0.15) is 0 Å². The Hall–Kier alpha value is -2.08. The molecule has 1 amide bonds. The maximum absolute atomic E-state index is 11.9. The number of carbonyl (C=O) groups excluding carboxylic acids is 1. The summed E-state index contributed by atoms with van der Waals surface area (Å²) in [5, 5.41) is 5.89. The van der Waals surface area contributed by atoms with E-state index in [2.05, 4.69) is 27.4 Å². The van der Waals surface area contributed by atoms with E-state index in [4.69, 9.17) is 5.73 Å². The lowest BCUT2D eigenvalue weighted by Gasteiger charge is -2.20. The largest absolute Gasteiger partial charge is 0.370 e. The van der Waals surface area contributed by atoms with Gasteiger partial charge in [0.25, 0.3) is 5.91 Å². The number of benzene rings is 1. The summed E-state index contributed by atoms with van der Waals surface area (Å²) in [6.07, 6.45) is 2.44. The van der Waals surface area contributed by atoms with Crippen molar-refractivity contribution in [3.05, 3.63) is 35.9 Å². The van der Waals surface area contributed by atoms with E-state index in [0.717, 1.165) is 19.6 Å². The minimum absolute atomic E-state index is 0.0764. The van der Waals surface area contributed by atoms with Crippen molar-refractivity contribution in [2.24, 2.45) is 10.7 Å². The van der Waals surface area contributed by atoms with Gasteiger partial charge in [-0.15, -0.1) is 0 Å². The molecule has 126 valence electrons. The summed E-state index contributed by atoms with van der Waals surface area (Å²) >= 11 is 0. The minimum atomic E-state index is -0.0764. The van der Waals surface area contributed by atoms with E-state index in [9.17, 15) is 4.79 Å². The topological polar surface area (TPSA) is 82.8 Å². The molecule has 1 heterocycles. The molecular weight excluding hydrogens is 290 g/mol. The molecular formula is C17H27N5O. The first-order chi connectivity index (χ1) is 11.2. The molecule has 0 bridgehead atoms. The summed E-state index contributed by atoms with van der Waals surface area (Å²) in [4.78, 5) is 18.7. The van der Waals surface area contributed by atoms with Crippen LogP contribution in [0.2, 0.25) is 0 Å². The second-order valence-corrected chi connectivity index (χ2v) is 5.70. The number of aliphatic imine (C=N–C) groups is 1. The van der Waals surface area contributed by atoms with Crippen LogP contribution in [-0.4, -0.2) is 55.5 Å². The average molecular weight is 317 g/mol. The number of hydrogen-bond donors (Lipinski definition) is 3. The van der Waals surface area contributed by atoms with Crippen LogP contribution >= 0.6 is 0 Å². The van der Waals surface area contributed by atoms with E-state index >= 15 is 0 Å². The highest BCUT2D eigenvalue weighted by Gasteiger charge is 2.22. The number of rotatable bonds is 7. The van der Waals surface area contributed by atoms with Gasteiger partial charge in [-0.05, 0) is 38.1 Å². The molecule has 0 aromatic heterocycles. The van der Waals surface area contributed by atoms with Crippen molar-refractivity contribution >= 4 is 11.9 Å². The Labute approximate surface area is 138 Å². The Morgan fingerprint density at radius 1 is 1.30 bits per heavy atom. The fourth-order valence-corrected chi connectivity index (χ4v) is 2.84. The lowest BCUT2D eigenvalue weighted by Crippen LogP contribution is -2.39. The molecule has 1 saturated heterocycles. The molecule has 1 atom stereocenters. The predicted molar refractivity (Wildman–Crippen MR) is 93.5 cm³/mol. The van der Waals surface area contributed by atoms with Crippen molar-refractivity contribution < 1.29 is 4.79 Å². The molecule has 0 aliphatic carbocycles. The third kappa shape index (κ3) is 5.56. The SMILES string of the molecule is CCN1CCCC1CN=C(N)NCCNC(=O)c1ccccc1. The fourth-order valence-electron chi connectivity index (χ4n) is 2.84. The van der Waals surface area contributed by atoms with Gasteiger partial charge in [-0.2, -0.15) is 0 Å². The van der Waals surface area contributed by atoms with E-state index in [-0.39, 0.29) is 5.91 Å². The van der Waals surface area contributed by atoms with Crippen LogP contribution in [-0.2, 0) is 0 Å². The maximum Gasteiger partial charge on any atom is 0.251 e. The van der Waals surface area contributed by atoms with Crippen molar-refractivity contribution in [1.82, 2.24) is 15.5 Å². The highest BCUT2D eigenvalue weighted by Crippen LogP contribution is 2.16. The molecule has 4 N–H and O–H groups in total. The summed E-state index contributed by atoms with van der Waals surface area (Å²) in [5.74, 6) is 0.370. The molecule has 0 saturated carbocycles. The first-order valence-electron chi connectivity index (χ1n) is 8.31. The van der Waals surface area contributed by atoms with Crippen LogP contribution < -0.4 is 16.4 Å². The zero-order valence-corrected chi connectivity index (χ0v) is 13.8. The summed E-state index contributed by atoms with van der Waals surface area (Å²) in [5.41, 5.74) is 6.54. The average Bonchev–Trinajstić information content (AvgIpc) is 3.05. The van der Waals surface area contributed by atoms with E-state index in [1.165, 1.54) is 12.8 Å². The van der Waals surface area contributed by atoms with Crippen LogP contribution in [0, 0.1) is 0 Å². The molecule has 2 rings (SSSR count). The van der Waals surface area contributed by atoms with Gasteiger partial charge < -0.3 is 16.4 Å². The third-order valence-corrected chi connectivity index (χ3v) is 4.13. The molecule has 1 aliphatic rings. The maximum atomic E-state index is 11.9. The molecule has 6 nitrogen and oxygen atoms in total. The van der Waals surface area contributed by atoms with Crippen LogP contribution in [0.5, 0.6) is 0 Å². The number of likely N-dealkylation sites (tertiary alicyclic amines) is 1. The quantitative estimate of drug-likeness (QED) is 0.395.